The highest BCUT2D eigenvalue weighted by Gasteiger charge is 2.32. The summed E-state index contributed by atoms with van der Waals surface area (Å²) in [6.07, 6.45) is 10.6. The molecule has 2 amide bonds. The fourth-order valence-corrected chi connectivity index (χ4v) is 4.70. The lowest BCUT2D eigenvalue weighted by Crippen LogP contribution is -2.42. The summed E-state index contributed by atoms with van der Waals surface area (Å²) in [5.41, 5.74) is 0. The molecular formula is C14H24N2O3S. The van der Waals surface area contributed by atoms with Crippen LogP contribution < -0.4 is 5.32 Å². The highest BCUT2D eigenvalue weighted by Crippen LogP contribution is 2.24. The molecule has 0 aromatic heterocycles. The van der Waals surface area contributed by atoms with Crippen molar-refractivity contribution >= 4 is 15.9 Å². The second-order valence-corrected chi connectivity index (χ2v) is 8.10. The summed E-state index contributed by atoms with van der Waals surface area (Å²) >= 11 is 0. The normalized spacial score (nSPS) is 26.8. The molecule has 0 radical (unpaired) electrons. The molecule has 1 atom stereocenters. The first-order valence-electron chi connectivity index (χ1n) is 7.38. The van der Waals surface area contributed by atoms with Crippen molar-refractivity contribution < 1.29 is 13.2 Å². The minimum Gasteiger partial charge on any atom is -0.324 e. The molecule has 1 aliphatic heterocycles. The van der Waals surface area contributed by atoms with E-state index in [9.17, 15) is 13.2 Å². The van der Waals surface area contributed by atoms with Gasteiger partial charge >= 0.3 is 6.03 Å². The van der Waals surface area contributed by atoms with E-state index in [-0.39, 0.29) is 23.6 Å². The van der Waals surface area contributed by atoms with E-state index >= 15 is 0 Å². The number of nitrogens with one attached hydrogen (secondary N) is 1. The molecule has 0 bridgehead atoms. The van der Waals surface area contributed by atoms with Crippen molar-refractivity contribution in [3.05, 3.63) is 12.3 Å². The Morgan fingerprint density at radius 1 is 1.20 bits per heavy atom. The number of hydrogen-bond donors (Lipinski definition) is 1. The van der Waals surface area contributed by atoms with Gasteiger partial charge in [-0.05, 0) is 25.2 Å². The first-order chi connectivity index (χ1) is 9.48. The summed E-state index contributed by atoms with van der Waals surface area (Å²) < 4.78 is 22.8. The van der Waals surface area contributed by atoms with E-state index in [1.807, 2.05) is 0 Å². The maximum absolute atomic E-state index is 12.0. The molecule has 1 saturated heterocycles. The standard InChI is InChI=1S/C14H24N2O3S/c1-16(13-8-10-20(18,19)11-13)14(17)15-9-7-12-5-3-2-4-6-12/h7,9,12-13H,2-6,8,10-11H2,1H3,(H,15,17)/b9-7+. The Kier molecular flexibility index (Phi) is 5.07. The van der Waals surface area contributed by atoms with Crippen LogP contribution in [0.5, 0.6) is 0 Å². The van der Waals surface area contributed by atoms with Crippen LogP contribution >= 0.6 is 0 Å². The summed E-state index contributed by atoms with van der Waals surface area (Å²) in [4.78, 5) is 13.5. The maximum atomic E-state index is 12.0. The van der Waals surface area contributed by atoms with Gasteiger partial charge in [-0.1, -0.05) is 25.3 Å². The summed E-state index contributed by atoms with van der Waals surface area (Å²) in [5.74, 6) is 0.845. The molecule has 0 spiro atoms. The Labute approximate surface area is 121 Å². The lowest BCUT2D eigenvalue weighted by atomic mass is 9.89. The highest BCUT2D eigenvalue weighted by molar-refractivity contribution is 7.91. The van der Waals surface area contributed by atoms with E-state index in [4.69, 9.17) is 0 Å². The van der Waals surface area contributed by atoms with E-state index in [0.717, 1.165) is 0 Å². The molecule has 1 N–H and O–H groups in total. The van der Waals surface area contributed by atoms with E-state index in [0.29, 0.717) is 12.3 Å². The van der Waals surface area contributed by atoms with Crippen molar-refractivity contribution in [2.45, 2.75) is 44.6 Å². The van der Waals surface area contributed by atoms with Gasteiger partial charge in [0.25, 0.3) is 0 Å². The number of nitrogens with zero attached hydrogens (tertiary/aromatic N) is 1. The molecule has 0 aromatic carbocycles. The van der Waals surface area contributed by atoms with Crippen LogP contribution in [0.4, 0.5) is 4.79 Å². The van der Waals surface area contributed by atoms with E-state index in [2.05, 4.69) is 11.4 Å². The van der Waals surface area contributed by atoms with E-state index in [1.165, 1.54) is 37.0 Å². The van der Waals surface area contributed by atoms with Gasteiger partial charge in [-0.15, -0.1) is 0 Å². The van der Waals surface area contributed by atoms with Crippen LogP contribution in [0.25, 0.3) is 0 Å². The van der Waals surface area contributed by atoms with Crippen LogP contribution in [0.3, 0.4) is 0 Å². The topological polar surface area (TPSA) is 66.5 Å². The third-order valence-electron chi connectivity index (χ3n) is 4.30. The number of rotatable bonds is 3. The van der Waals surface area contributed by atoms with Crippen molar-refractivity contribution in [2.75, 3.05) is 18.6 Å². The van der Waals surface area contributed by atoms with Crippen molar-refractivity contribution in [1.29, 1.82) is 0 Å². The van der Waals surface area contributed by atoms with E-state index < -0.39 is 9.84 Å². The van der Waals surface area contributed by atoms with Crippen molar-refractivity contribution in [2.24, 2.45) is 5.92 Å². The Bertz CT molecular complexity index is 467. The van der Waals surface area contributed by atoms with Crippen LogP contribution in [0.15, 0.2) is 12.3 Å². The molecule has 1 aliphatic carbocycles. The van der Waals surface area contributed by atoms with Gasteiger partial charge in [-0.25, -0.2) is 13.2 Å². The third kappa shape index (κ3) is 4.23. The second-order valence-electron chi connectivity index (χ2n) is 5.87. The highest BCUT2D eigenvalue weighted by atomic mass is 32.2. The number of allylic oxidation sites excluding steroid dienone is 1. The zero-order valence-corrected chi connectivity index (χ0v) is 12.9. The molecular weight excluding hydrogens is 276 g/mol. The largest absolute Gasteiger partial charge is 0.324 e. The molecule has 114 valence electrons. The SMILES string of the molecule is CN(C(=O)N/C=C/C1CCCCC1)C1CCS(=O)(=O)C1. The summed E-state index contributed by atoms with van der Waals surface area (Å²) in [5, 5.41) is 2.75. The average Bonchev–Trinajstić information content (AvgIpc) is 2.79. The zero-order chi connectivity index (χ0) is 14.6. The molecule has 1 heterocycles. The second kappa shape index (κ2) is 6.61. The minimum atomic E-state index is -2.95. The average molecular weight is 300 g/mol. The number of carbonyl (C=O) groups excluding carboxylic acids is 1. The number of hydrogen-bond acceptors (Lipinski definition) is 3. The van der Waals surface area contributed by atoms with E-state index in [1.54, 1.807) is 13.2 Å². The third-order valence-corrected chi connectivity index (χ3v) is 6.05. The van der Waals surface area contributed by atoms with Crippen LogP contribution in [-0.2, 0) is 9.84 Å². The number of amides is 2. The molecule has 6 heteroatoms. The first kappa shape index (κ1) is 15.4. The Morgan fingerprint density at radius 3 is 2.50 bits per heavy atom. The van der Waals surface area contributed by atoms with Gasteiger partial charge in [0.1, 0.15) is 0 Å². The quantitative estimate of drug-likeness (QED) is 0.866. The molecule has 2 rings (SSSR count). The van der Waals surface area contributed by atoms with Crippen LogP contribution in [0.2, 0.25) is 0 Å². The van der Waals surface area contributed by atoms with Crippen molar-refractivity contribution in [3.63, 3.8) is 0 Å². The smallest absolute Gasteiger partial charge is 0.321 e. The van der Waals surface area contributed by atoms with Gasteiger partial charge in [0.15, 0.2) is 9.84 Å². The fraction of sp³-hybridized carbons (Fsp3) is 0.786. The molecule has 0 aromatic rings. The summed E-state index contributed by atoms with van der Waals surface area (Å²) in [7, 11) is -1.29. The van der Waals surface area contributed by atoms with Crippen molar-refractivity contribution in [3.8, 4) is 0 Å². The zero-order valence-electron chi connectivity index (χ0n) is 12.0. The summed E-state index contributed by atoms with van der Waals surface area (Å²) in [6.45, 7) is 0. The Hall–Kier alpha value is -1.04. The number of urea groups is 1. The molecule has 1 saturated carbocycles. The lowest BCUT2D eigenvalue weighted by molar-refractivity contribution is 0.199. The number of carbonyl (C=O) groups is 1. The van der Waals surface area contributed by atoms with Crippen molar-refractivity contribution in [1.82, 2.24) is 10.2 Å². The fourth-order valence-electron chi connectivity index (χ4n) is 2.93. The van der Waals surface area contributed by atoms with Gasteiger partial charge in [-0.3, -0.25) is 0 Å². The number of sulfone groups is 1. The Balaban J connectivity index is 1.78. The predicted molar refractivity (Wildman–Crippen MR) is 79.1 cm³/mol. The van der Waals surface area contributed by atoms with Gasteiger partial charge in [-0.2, -0.15) is 0 Å². The minimum absolute atomic E-state index is 0.0866. The summed E-state index contributed by atoms with van der Waals surface area (Å²) in [6, 6.07) is -0.415. The van der Waals surface area contributed by atoms with Crippen LogP contribution in [-0.4, -0.2) is 43.9 Å². The molecule has 2 fully saturated rings. The van der Waals surface area contributed by atoms with Gasteiger partial charge in [0.2, 0.25) is 0 Å². The molecule has 20 heavy (non-hydrogen) atoms. The lowest BCUT2D eigenvalue weighted by Gasteiger charge is -2.23. The van der Waals surface area contributed by atoms with Crippen LogP contribution in [0.1, 0.15) is 38.5 Å². The van der Waals surface area contributed by atoms with Crippen LogP contribution in [0, 0.1) is 5.92 Å². The molecule has 2 aliphatic rings. The maximum Gasteiger partial charge on any atom is 0.321 e. The first-order valence-corrected chi connectivity index (χ1v) is 9.20. The van der Waals surface area contributed by atoms with Gasteiger partial charge in [0.05, 0.1) is 11.5 Å². The Morgan fingerprint density at radius 2 is 1.90 bits per heavy atom. The van der Waals surface area contributed by atoms with Gasteiger partial charge in [0, 0.05) is 19.3 Å². The predicted octanol–water partition coefficient (Wildman–Crippen LogP) is 1.91. The van der Waals surface area contributed by atoms with Gasteiger partial charge < -0.3 is 10.2 Å². The molecule has 1 unspecified atom stereocenters. The monoisotopic (exact) mass is 300 g/mol. The molecule has 5 nitrogen and oxygen atoms in total.